The molecule has 0 aliphatic rings. The smallest absolute Gasteiger partial charge is 0.272 e. The second-order valence-corrected chi connectivity index (χ2v) is 6.49. The van der Waals surface area contributed by atoms with E-state index < -0.39 is 0 Å². The first kappa shape index (κ1) is 18.0. The van der Waals surface area contributed by atoms with Crippen LogP contribution in [0.15, 0.2) is 72.9 Å². The Bertz CT molecular complexity index is 866. The molecule has 0 radical (unpaired) electrons. The van der Waals surface area contributed by atoms with Gasteiger partial charge >= 0.3 is 0 Å². The molecule has 0 saturated heterocycles. The van der Waals surface area contributed by atoms with Crippen molar-refractivity contribution in [3.8, 4) is 0 Å². The minimum atomic E-state index is -0.107. The standard InChI is InChI=1S/C21H20ClN3O/c1-25(15-17-5-3-2-4-6-17)21(26)20-13-19(11-12-23-20)24-14-16-7-9-18(22)10-8-16/h2-13H,14-15H2,1H3,(H,23,24). The van der Waals surface area contributed by atoms with Gasteiger partial charge in [-0.2, -0.15) is 0 Å². The average Bonchev–Trinajstić information content (AvgIpc) is 2.68. The summed E-state index contributed by atoms with van der Waals surface area (Å²) >= 11 is 5.90. The van der Waals surface area contributed by atoms with Gasteiger partial charge in [0.1, 0.15) is 5.69 Å². The van der Waals surface area contributed by atoms with Crippen molar-refractivity contribution in [3.63, 3.8) is 0 Å². The third-order valence-electron chi connectivity index (χ3n) is 4.00. The highest BCUT2D eigenvalue weighted by molar-refractivity contribution is 6.30. The van der Waals surface area contributed by atoms with Crippen molar-refractivity contribution in [2.75, 3.05) is 12.4 Å². The molecule has 0 aliphatic carbocycles. The van der Waals surface area contributed by atoms with Crippen LogP contribution in [0.5, 0.6) is 0 Å². The Kier molecular flexibility index (Phi) is 5.87. The molecular weight excluding hydrogens is 346 g/mol. The van der Waals surface area contributed by atoms with Gasteiger partial charge in [-0.15, -0.1) is 0 Å². The second-order valence-electron chi connectivity index (χ2n) is 6.06. The van der Waals surface area contributed by atoms with E-state index in [0.29, 0.717) is 23.8 Å². The number of hydrogen-bond donors (Lipinski definition) is 1. The Morgan fingerprint density at radius 2 is 1.77 bits per heavy atom. The van der Waals surface area contributed by atoms with Gasteiger partial charge in [-0.25, -0.2) is 0 Å². The van der Waals surface area contributed by atoms with Gasteiger partial charge in [0, 0.05) is 37.0 Å². The van der Waals surface area contributed by atoms with E-state index in [2.05, 4.69) is 10.3 Å². The molecule has 0 unspecified atom stereocenters. The van der Waals surface area contributed by atoms with Gasteiger partial charge in [0.15, 0.2) is 0 Å². The van der Waals surface area contributed by atoms with E-state index in [0.717, 1.165) is 16.8 Å². The summed E-state index contributed by atoms with van der Waals surface area (Å²) in [5.74, 6) is -0.107. The van der Waals surface area contributed by atoms with Crippen LogP contribution in [0.4, 0.5) is 5.69 Å². The molecule has 0 bridgehead atoms. The molecule has 132 valence electrons. The summed E-state index contributed by atoms with van der Waals surface area (Å²) < 4.78 is 0. The summed E-state index contributed by atoms with van der Waals surface area (Å²) in [6.07, 6.45) is 1.65. The van der Waals surface area contributed by atoms with Gasteiger partial charge in [-0.1, -0.05) is 54.1 Å². The largest absolute Gasteiger partial charge is 0.381 e. The molecule has 0 aliphatic heterocycles. The number of nitrogens with zero attached hydrogens (tertiary/aromatic N) is 2. The van der Waals surface area contributed by atoms with E-state index in [4.69, 9.17) is 11.6 Å². The summed E-state index contributed by atoms with van der Waals surface area (Å²) in [6, 6.07) is 21.2. The van der Waals surface area contributed by atoms with Crippen molar-refractivity contribution in [1.29, 1.82) is 0 Å². The molecule has 0 fully saturated rings. The fourth-order valence-electron chi connectivity index (χ4n) is 2.59. The quantitative estimate of drug-likeness (QED) is 0.693. The molecule has 0 spiro atoms. The highest BCUT2D eigenvalue weighted by Crippen LogP contribution is 2.14. The molecule has 4 nitrogen and oxygen atoms in total. The summed E-state index contributed by atoms with van der Waals surface area (Å²) in [6.45, 7) is 1.19. The van der Waals surface area contributed by atoms with E-state index >= 15 is 0 Å². The fraction of sp³-hybridized carbons (Fsp3) is 0.143. The summed E-state index contributed by atoms with van der Waals surface area (Å²) in [4.78, 5) is 18.5. The van der Waals surface area contributed by atoms with Crippen LogP contribution in [-0.2, 0) is 13.1 Å². The van der Waals surface area contributed by atoms with Crippen LogP contribution < -0.4 is 5.32 Å². The zero-order valence-corrected chi connectivity index (χ0v) is 15.3. The molecule has 3 aromatic rings. The third kappa shape index (κ3) is 4.83. The van der Waals surface area contributed by atoms with Crippen LogP contribution in [0.2, 0.25) is 5.02 Å². The van der Waals surface area contributed by atoms with E-state index in [9.17, 15) is 4.79 Å². The van der Waals surface area contributed by atoms with Gasteiger partial charge in [-0.3, -0.25) is 9.78 Å². The molecule has 0 saturated carbocycles. The maximum absolute atomic E-state index is 12.6. The maximum Gasteiger partial charge on any atom is 0.272 e. The highest BCUT2D eigenvalue weighted by atomic mass is 35.5. The van der Waals surface area contributed by atoms with Crippen LogP contribution in [-0.4, -0.2) is 22.8 Å². The Balaban J connectivity index is 1.64. The van der Waals surface area contributed by atoms with Crippen molar-refractivity contribution < 1.29 is 4.79 Å². The lowest BCUT2D eigenvalue weighted by atomic mass is 10.2. The first-order valence-electron chi connectivity index (χ1n) is 8.35. The van der Waals surface area contributed by atoms with Gasteiger partial charge < -0.3 is 10.2 Å². The van der Waals surface area contributed by atoms with Crippen LogP contribution in [0, 0.1) is 0 Å². The summed E-state index contributed by atoms with van der Waals surface area (Å²) in [5.41, 5.74) is 3.47. The lowest BCUT2D eigenvalue weighted by Gasteiger charge is -2.17. The average molecular weight is 366 g/mol. The zero-order valence-electron chi connectivity index (χ0n) is 14.5. The van der Waals surface area contributed by atoms with Crippen LogP contribution in [0.1, 0.15) is 21.6 Å². The number of amides is 1. The van der Waals surface area contributed by atoms with Crippen molar-refractivity contribution in [2.45, 2.75) is 13.1 Å². The van der Waals surface area contributed by atoms with Gasteiger partial charge in [-0.05, 0) is 35.4 Å². The number of pyridine rings is 1. The number of carbonyl (C=O) groups is 1. The van der Waals surface area contributed by atoms with Crippen molar-refractivity contribution >= 4 is 23.2 Å². The monoisotopic (exact) mass is 365 g/mol. The number of anilines is 1. The summed E-state index contributed by atoms with van der Waals surface area (Å²) in [7, 11) is 1.78. The van der Waals surface area contributed by atoms with Gasteiger partial charge in [0.2, 0.25) is 0 Å². The lowest BCUT2D eigenvalue weighted by molar-refractivity contribution is 0.0779. The number of halogens is 1. The highest BCUT2D eigenvalue weighted by Gasteiger charge is 2.14. The molecule has 2 aromatic carbocycles. The van der Waals surface area contributed by atoms with Crippen molar-refractivity contribution in [3.05, 3.63) is 94.8 Å². The van der Waals surface area contributed by atoms with Crippen molar-refractivity contribution in [2.24, 2.45) is 0 Å². The Hall–Kier alpha value is -2.85. The van der Waals surface area contributed by atoms with Crippen molar-refractivity contribution in [1.82, 2.24) is 9.88 Å². The number of carbonyl (C=O) groups excluding carboxylic acids is 1. The summed E-state index contributed by atoms with van der Waals surface area (Å²) in [5, 5.41) is 4.03. The number of aromatic nitrogens is 1. The molecule has 1 heterocycles. The molecule has 1 amide bonds. The first-order chi connectivity index (χ1) is 12.6. The zero-order chi connectivity index (χ0) is 18.4. The van der Waals surface area contributed by atoms with Gasteiger partial charge in [0.25, 0.3) is 5.91 Å². The molecule has 0 atom stereocenters. The molecule has 5 heteroatoms. The molecule has 1 aromatic heterocycles. The molecule has 26 heavy (non-hydrogen) atoms. The minimum absolute atomic E-state index is 0.107. The normalized spacial score (nSPS) is 10.4. The Labute approximate surface area is 158 Å². The SMILES string of the molecule is CN(Cc1ccccc1)C(=O)c1cc(NCc2ccc(Cl)cc2)ccn1. The second kappa shape index (κ2) is 8.50. The van der Waals surface area contributed by atoms with Crippen LogP contribution in [0.3, 0.4) is 0 Å². The maximum atomic E-state index is 12.6. The van der Waals surface area contributed by atoms with E-state index in [1.54, 1.807) is 24.2 Å². The fourth-order valence-corrected chi connectivity index (χ4v) is 2.71. The van der Waals surface area contributed by atoms with E-state index in [1.807, 2.05) is 60.7 Å². The Morgan fingerprint density at radius 3 is 2.50 bits per heavy atom. The number of rotatable bonds is 6. The predicted octanol–water partition coefficient (Wildman–Crippen LogP) is 4.62. The molecule has 1 N–H and O–H groups in total. The number of benzene rings is 2. The Morgan fingerprint density at radius 1 is 1.04 bits per heavy atom. The third-order valence-corrected chi connectivity index (χ3v) is 4.25. The van der Waals surface area contributed by atoms with E-state index in [1.165, 1.54) is 0 Å². The first-order valence-corrected chi connectivity index (χ1v) is 8.73. The molecule has 3 rings (SSSR count). The van der Waals surface area contributed by atoms with Crippen LogP contribution in [0.25, 0.3) is 0 Å². The van der Waals surface area contributed by atoms with E-state index in [-0.39, 0.29) is 5.91 Å². The number of nitrogens with one attached hydrogen (secondary N) is 1. The number of hydrogen-bond acceptors (Lipinski definition) is 3. The minimum Gasteiger partial charge on any atom is -0.381 e. The lowest BCUT2D eigenvalue weighted by Crippen LogP contribution is -2.27. The molecular formula is C21H20ClN3O. The van der Waals surface area contributed by atoms with Crippen LogP contribution >= 0.6 is 11.6 Å². The topological polar surface area (TPSA) is 45.2 Å². The predicted molar refractivity (Wildman–Crippen MR) is 105 cm³/mol. The van der Waals surface area contributed by atoms with Gasteiger partial charge in [0.05, 0.1) is 0 Å².